The highest BCUT2D eigenvalue weighted by molar-refractivity contribution is 7.80. The summed E-state index contributed by atoms with van der Waals surface area (Å²) < 4.78 is 10.9. The van der Waals surface area contributed by atoms with Gasteiger partial charge in [0.25, 0.3) is 5.91 Å². The molecule has 120 valence electrons. The van der Waals surface area contributed by atoms with Crippen LogP contribution in [0.5, 0.6) is 5.75 Å². The van der Waals surface area contributed by atoms with Crippen LogP contribution in [-0.2, 0) is 16.0 Å². The zero-order chi connectivity index (χ0) is 15.8. The third-order valence-corrected chi connectivity index (χ3v) is 3.72. The molecule has 1 aromatic rings. The third kappa shape index (κ3) is 5.61. The van der Waals surface area contributed by atoms with E-state index in [9.17, 15) is 4.79 Å². The fourth-order valence-electron chi connectivity index (χ4n) is 2.19. The van der Waals surface area contributed by atoms with Gasteiger partial charge in [-0.05, 0) is 49.2 Å². The molecule has 1 saturated heterocycles. The summed E-state index contributed by atoms with van der Waals surface area (Å²) in [5, 5.41) is 5.90. The number of nitrogens with one attached hydrogen (secondary N) is 2. The van der Waals surface area contributed by atoms with Crippen LogP contribution < -0.4 is 15.4 Å². The molecule has 22 heavy (non-hydrogen) atoms. The summed E-state index contributed by atoms with van der Waals surface area (Å²) in [5.74, 6) is 0.398. The van der Waals surface area contributed by atoms with Gasteiger partial charge in [0.2, 0.25) is 0 Å². The highest BCUT2D eigenvalue weighted by Crippen LogP contribution is 2.12. The Balaban J connectivity index is 1.64. The molecule has 1 aliphatic heterocycles. The maximum absolute atomic E-state index is 11.8. The Morgan fingerprint density at radius 2 is 2.18 bits per heavy atom. The van der Waals surface area contributed by atoms with E-state index in [-0.39, 0.29) is 18.6 Å². The molecule has 0 saturated carbocycles. The zero-order valence-corrected chi connectivity index (χ0v) is 13.6. The standard InChI is InChI=1S/C16H22N2O3S/c1-2-12-5-7-13(8-6-12)21-11-15(19)18-16(22)17-10-14-4-3-9-20-14/h5-8,14H,2-4,9-11H2,1H3,(H2,17,18,19,22). The first-order chi connectivity index (χ1) is 10.7. The fourth-order valence-corrected chi connectivity index (χ4v) is 2.39. The van der Waals surface area contributed by atoms with Crippen LogP contribution in [0.4, 0.5) is 0 Å². The Kier molecular flexibility index (Phi) is 6.61. The van der Waals surface area contributed by atoms with Gasteiger partial charge in [-0.25, -0.2) is 0 Å². The molecule has 0 spiro atoms. The molecule has 1 fully saturated rings. The van der Waals surface area contributed by atoms with Crippen LogP contribution in [0.3, 0.4) is 0 Å². The van der Waals surface area contributed by atoms with Crippen molar-refractivity contribution in [3.05, 3.63) is 29.8 Å². The molecule has 6 heteroatoms. The van der Waals surface area contributed by atoms with Gasteiger partial charge < -0.3 is 20.1 Å². The van der Waals surface area contributed by atoms with Crippen molar-refractivity contribution in [3.63, 3.8) is 0 Å². The van der Waals surface area contributed by atoms with Crippen LogP contribution in [0, 0.1) is 0 Å². The highest BCUT2D eigenvalue weighted by atomic mass is 32.1. The van der Waals surface area contributed by atoms with E-state index in [1.54, 1.807) is 0 Å². The molecule has 0 aliphatic carbocycles. The number of hydrogen-bond donors (Lipinski definition) is 2. The van der Waals surface area contributed by atoms with E-state index in [2.05, 4.69) is 17.6 Å². The number of benzene rings is 1. The molecule has 1 unspecified atom stereocenters. The molecule has 0 aromatic heterocycles. The average Bonchev–Trinajstić information content (AvgIpc) is 3.05. The Morgan fingerprint density at radius 1 is 1.41 bits per heavy atom. The lowest BCUT2D eigenvalue weighted by molar-refractivity contribution is -0.121. The third-order valence-electron chi connectivity index (χ3n) is 3.47. The molecular formula is C16H22N2O3S. The fraction of sp³-hybridized carbons (Fsp3) is 0.500. The van der Waals surface area contributed by atoms with Gasteiger partial charge in [-0.3, -0.25) is 4.79 Å². The Bertz CT molecular complexity index is 499. The predicted octanol–water partition coefficient (Wildman–Crippen LogP) is 1.80. The minimum Gasteiger partial charge on any atom is -0.484 e. The van der Waals surface area contributed by atoms with E-state index in [0.29, 0.717) is 17.4 Å². The van der Waals surface area contributed by atoms with Gasteiger partial charge in [0.1, 0.15) is 5.75 Å². The second-order valence-corrected chi connectivity index (χ2v) is 5.59. The number of hydrogen-bond acceptors (Lipinski definition) is 4. The number of amides is 1. The van der Waals surface area contributed by atoms with Crippen LogP contribution >= 0.6 is 12.2 Å². The minimum atomic E-state index is -0.274. The number of rotatable bonds is 6. The molecule has 1 atom stereocenters. The summed E-state index contributed by atoms with van der Waals surface area (Å²) in [4.78, 5) is 11.8. The van der Waals surface area contributed by atoms with E-state index in [1.165, 1.54) is 5.56 Å². The van der Waals surface area contributed by atoms with Crippen molar-refractivity contribution < 1.29 is 14.3 Å². The molecule has 2 rings (SSSR count). The van der Waals surface area contributed by atoms with Gasteiger partial charge in [-0.15, -0.1) is 0 Å². The van der Waals surface area contributed by atoms with Gasteiger partial charge in [0.05, 0.1) is 6.10 Å². The number of carbonyl (C=O) groups is 1. The van der Waals surface area contributed by atoms with E-state index < -0.39 is 0 Å². The molecule has 2 N–H and O–H groups in total. The second-order valence-electron chi connectivity index (χ2n) is 5.18. The molecule has 5 nitrogen and oxygen atoms in total. The minimum absolute atomic E-state index is 0.0623. The molecule has 1 aromatic carbocycles. The van der Waals surface area contributed by atoms with Gasteiger partial charge in [-0.2, -0.15) is 0 Å². The summed E-state index contributed by atoms with van der Waals surface area (Å²) >= 11 is 5.07. The highest BCUT2D eigenvalue weighted by Gasteiger charge is 2.15. The maximum Gasteiger partial charge on any atom is 0.264 e. The monoisotopic (exact) mass is 322 g/mol. The van der Waals surface area contributed by atoms with Gasteiger partial charge in [-0.1, -0.05) is 19.1 Å². The first kappa shape index (κ1) is 16.7. The molecule has 0 bridgehead atoms. The summed E-state index contributed by atoms with van der Waals surface area (Å²) in [5.41, 5.74) is 1.23. The molecule has 1 amide bonds. The lowest BCUT2D eigenvalue weighted by atomic mass is 10.2. The molecule has 1 heterocycles. The summed E-state index contributed by atoms with van der Waals surface area (Å²) in [6.07, 6.45) is 3.27. The lowest BCUT2D eigenvalue weighted by Gasteiger charge is -2.13. The zero-order valence-electron chi connectivity index (χ0n) is 12.8. The number of carbonyl (C=O) groups excluding carboxylic acids is 1. The number of thiocarbonyl (C=S) groups is 1. The predicted molar refractivity (Wildman–Crippen MR) is 89.0 cm³/mol. The molecule has 1 aliphatic rings. The maximum atomic E-state index is 11.8. The number of ether oxygens (including phenoxy) is 2. The Hall–Kier alpha value is -1.66. The summed E-state index contributed by atoms with van der Waals surface area (Å²) in [6, 6.07) is 7.70. The second kappa shape index (κ2) is 8.70. The topological polar surface area (TPSA) is 59.6 Å². The van der Waals surface area contributed by atoms with Crippen molar-refractivity contribution in [1.29, 1.82) is 0 Å². The van der Waals surface area contributed by atoms with Crippen LogP contribution in [0.1, 0.15) is 25.3 Å². The van der Waals surface area contributed by atoms with Crippen LogP contribution in [0.2, 0.25) is 0 Å². The van der Waals surface area contributed by atoms with Crippen LogP contribution in [0.25, 0.3) is 0 Å². The largest absolute Gasteiger partial charge is 0.484 e. The summed E-state index contributed by atoms with van der Waals surface area (Å²) in [6.45, 7) is 3.45. The lowest BCUT2D eigenvalue weighted by Crippen LogP contribution is -2.43. The molecule has 0 radical (unpaired) electrons. The van der Waals surface area contributed by atoms with Gasteiger partial charge in [0, 0.05) is 13.2 Å². The van der Waals surface area contributed by atoms with Gasteiger partial charge >= 0.3 is 0 Å². The van der Waals surface area contributed by atoms with Gasteiger partial charge in [0.15, 0.2) is 11.7 Å². The first-order valence-electron chi connectivity index (χ1n) is 7.58. The van der Waals surface area contributed by atoms with Crippen molar-refractivity contribution in [3.8, 4) is 5.75 Å². The van der Waals surface area contributed by atoms with E-state index in [0.717, 1.165) is 25.9 Å². The van der Waals surface area contributed by atoms with Crippen LogP contribution in [-0.4, -0.2) is 36.9 Å². The van der Waals surface area contributed by atoms with E-state index in [1.807, 2.05) is 24.3 Å². The molecular weight excluding hydrogens is 300 g/mol. The van der Waals surface area contributed by atoms with Crippen LogP contribution in [0.15, 0.2) is 24.3 Å². The van der Waals surface area contributed by atoms with Crippen molar-refractivity contribution in [2.24, 2.45) is 0 Å². The summed E-state index contributed by atoms with van der Waals surface area (Å²) in [7, 11) is 0. The first-order valence-corrected chi connectivity index (χ1v) is 7.99. The van der Waals surface area contributed by atoms with E-state index in [4.69, 9.17) is 21.7 Å². The smallest absolute Gasteiger partial charge is 0.264 e. The van der Waals surface area contributed by atoms with Crippen molar-refractivity contribution in [1.82, 2.24) is 10.6 Å². The average molecular weight is 322 g/mol. The van der Waals surface area contributed by atoms with Crippen molar-refractivity contribution >= 4 is 23.2 Å². The SMILES string of the molecule is CCc1ccc(OCC(=O)NC(=S)NCC2CCCO2)cc1. The quantitative estimate of drug-likeness (QED) is 0.782. The Labute approximate surface area is 136 Å². The normalized spacial score (nSPS) is 17.0. The Morgan fingerprint density at radius 3 is 2.82 bits per heavy atom. The van der Waals surface area contributed by atoms with E-state index >= 15 is 0 Å². The number of aryl methyl sites for hydroxylation is 1. The van der Waals surface area contributed by atoms with Crippen molar-refractivity contribution in [2.75, 3.05) is 19.8 Å². The van der Waals surface area contributed by atoms with Crippen molar-refractivity contribution in [2.45, 2.75) is 32.3 Å².